The van der Waals surface area contributed by atoms with Crippen LogP contribution in [-0.4, -0.2) is 56.0 Å². The highest BCUT2D eigenvalue weighted by Crippen LogP contribution is 2.29. The molecule has 1 aromatic carbocycles. The number of amides is 1. The lowest BCUT2D eigenvalue weighted by molar-refractivity contribution is 0.0998. The van der Waals surface area contributed by atoms with Gasteiger partial charge in [0.05, 0.1) is 5.52 Å². The molecule has 0 atom stereocenters. The first-order valence-corrected chi connectivity index (χ1v) is 7.38. The van der Waals surface area contributed by atoms with Gasteiger partial charge in [-0.3, -0.25) is 4.79 Å². The Morgan fingerprint density at radius 3 is 2.64 bits per heavy atom. The number of likely N-dealkylation sites (N-methyl/N-ethyl adjacent to an activating group) is 1. The van der Waals surface area contributed by atoms with Crippen LogP contribution >= 0.6 is 24.8 Å². The number of guanidine groups is 1. The Hall–Kier alpha value is -1.96. The van der Waals surface area contributed by atoms with E-state index < -0.39 is 5.91 Å². The molecule has 0 aliphatic carbocycles. The molecule has 140 valence electrons. The zero-order valence-electron chi connectivity index (χ0n) is 14.8. The van der Waals surface area contributed by atoms with Crippen molar-refractivity contribution in [3.8, 4) is 5.75 Å². The summed E-state index contributed by atoms with van der Waals surface area (Å²) in [6.45, 7) is 3.36. The van der Waals surface area contributed by atoms with Crippen molar-refractivity contribution in [2.24, 2.45) is 10.7 Å². The maximum Gasteiger partial charge on any atom is 0.296 e. The van der Waals surface area contributed by atoms with E-state index in [0.717, 1.165) is 28.8 Å². The van der Waals surface area contributed by atoms with Crippen molar-refractivity contribution < 1.29 is 9.53 Å². The second-order valence-corrected chi connectivity index (χ2v) is 5.56. The van der Waals surface area contributed by atoms with Crippen LogP contribution in [0.5, 0.6) is 5.75 Å². The van der Waals surface area contributed by atoms with Gasteiger partial charge in [-0.2, -0.15) is 4.99 Å². The van der Waals surface area contributed by atoms with Crippen LogP contribution in [0.25, 0.3) is 10.9 Å². The van der Waals surface area contributed by atoms with Gasteiger partial charge in [0.1, 0.15) is 18.1 Å². The Morgan fingerprint density at radius 2 is 2.04 bits per heavy atom. The molecule has 0 spiro atoms. The minimum absolute atomic E-state index is 0. The Kier molecular flexibility index (Phi) is 9.33. The van der Waals surface area contributed by atoms with Crippen LogP contribution in [-0.2, 0) is 0 Å². The summed E-state index contributed by atoms with van der Waals surface area (Å²) in [6, 6.07) is 5.65. The van der Waals surface area contributed by atoms with E-state index in [4.69, 9.17) is 10.5 Å². The Morgan fingerprint density at radius 1 is 1.36 bits per heavy atom. The number of benzene rings is 1. The number of fused-ring (bicyclic) bond motifs is 1. The minimum Gasteiger partial charge on any atom is -0.490 e. The lowest BCUT2D eigenvalue weighted by Crippen LogP contribution is -2.28. The van der Waals surface area contributed by atoms with Gasteiger partial charge in [-0.1, -0.05) is 6.07 Å². The Labute approximate surface area is 159 Å². The second-order valence-electron chi connectivity index (χ2n) is 5.56. The van der Waals surface area contributed by atoms with Gasteiger partial charge in [0.25, 0.3) is 5.91 Å². The van der Waals surface area contributed by atoms with Crippen LogP contribution in [0.1, 0.15) is 16.1 Å². The first-order chi connectivity index (χ1) is 10.9. The highest BCUT2D eigenvalue weighted by atomic mass is 35.5. The lowest BCUT2D eigenvalue weighted by atomic mass is 10.1. The molecule has 9 heteroatoms. The maximum atomic E-state index is 12.1. The van der Waals surface area contributed by atoms with Crippen LogP contribution in [0.2, 0.25) is 0 Å². The Bertz CT molecular complexity index is 743. The molecule has 0 saturated carbocycles. The summed E-state index contributed by atoms with van der Waals surface area (Å²) in [5, 5.41) is 3.56. The molecule has 0 aliphatic rings. The van der Waals surface area contributed by atoms with E-state index >= 15 is 0 Å². The Balaban J connectivity index is 0.00000288. The minimum atomic E-state index is -0.424. The van der Waals surface area contributed by atoms with Crippen LogP contribution in [0.4, 0.5) is 0 Å². The third-order valence-corrected chi connectivity index (χ3v) is 3.48. The molecule has 1 amide bonds. The molecule has 2 aromatic rings. The van der Waals surface area contributed by atoms with Crippen LogP contribution in [0.3, 0.4) is 0 Å². The number of aliphatic imine (C=N–C) groups is 1. The number of carbonyl (C=O) groups excluding carboxylic acids is 1. The van der Waals surface area contributed by atoms with E-state index in [1.54, 1.807) is 13.1 Å². The number of hydrogen-bond donors (Lipinski definition) is 3. The molecule has 7 nitrogen and oxygen atoms in total. The molecule has 0 unspecified atom stereocenters. The molecule has 0 fully saturated rings. The van der Waals surface area contributed by atoms with Gasteiger partial charge in [0.15, 0.2) is 5.96 Å². The molecule has 0 saturated heterocycles. The number of H-pyrrole nitrogens is 1. The van der Waals surface area contributed by atoms with E-state index in [-0.39, 0.29) is 30.8 Å². The van der Waals surface area contributed by atoms with Crippen molar-refractivity contribution in [3.63, 3.8) is 0 Å². The number of carbonyl (C=O) groups is 1. The van der Waals surface area contributed by atoms with Crippen molar-refractivity contribution in [2.45, 2.75) is 6.92 Å². The van der Waals surface area contributed by atoms with E-state index in [2.05, 4.69) is 15.3 Å². The lowest BCUT2D eigenvalue weighted by Gasteiger charge is -2.12. The smallest absolute Gasteiger partial charge is 0.296 e. The summed E-state index contributed by atoms with van der Waals surface area (Å²) in [5.74, 6) is 0.372. The monoisotopic (exact) mass is 389 g/mol. The molecule has 2 rings (SSSR count). The number of aromatic amines is 1. The van der Waals surface area contributed by atoms with Crippen LogP contribution in [0.15, 0.2) is 23.2 Å². The topological polar surface area (TPSA) is 95.7 Å². The number of aromatic nitrogens is 1. The number of ether oxygens (including phenoxy) is 1. The summed E-state index contributed by atoms with van der Waals surface area (Å²) < 4.78 is 5.82. The molecule has 0 aliphatic heterocycles. The average molecular weight is 390 g/mol. The standard InChI is InChI=1S/C16H23N5O2.2ClH/c1-10-5-6-13(23-8-7-21(3)4)14-11(10)9-12(19-14)15(22)20-16(17)18-2;;/h5-6,9,19H,7-8H2,1-4H3,(H3,17,18,20,22);2*1H. The van der Waals surface area contributed by atoms with Crippen molar-refractivity contribution in [1.29, 1.82) is 0 Å². The normalized spacial score (nSPS) is 11.0. The molecule has 1 aromatic heterocycles. The number of halogens is 2. The molecule has 25 heavy (non-hydrogen) atoms. The van der Waals surface area contributed by atoms with Gasteiger partial charge in [-0.05, 0) is 38.7 Å². The van der Waals surface area contributed by atoms with Gasteiger partial charge >= 0.3 is 0 Å². The summed E-state index contributed by atoms with van der Waals surface area (Å²) in [7, 11) is 5.59. The van der Waals surface area contributed by atoms with Gasteiger partial charge < -0.3 is 25.7 Å². The molecular formula is C16H25Cl2N5O2. The molecule has 0 radical (unpaired) electrons. The van der Waals surface area contributed by atoms with E-state index in [1.165, 1.54) is 0 Å². The van der Waals surface area contributed by atoms with Crippen molar-refractivity contribution in [1.82, 2.24) is 15.2 Å². The van der Waals surface area contributed by atoms with Gasteiger partial charge in [0.2, 0.25) is 0 Å². The third kappa shape index (κ3) is 5.81. The number of rotatable bonds is 5. The van der Waals surface area contributed by atoms with E-state index in [9.17, 15) is 4.79 Å². The SMILES string of the molecule is CNC(N)=NC(=O)c1cc2c(C)ccc(OCCN(C)C)c2[nH]1.Cl.Cl. The van der Waals surface area contributed by atoms with Gasteiger partial charge in [0, 0.05) is 19.0 Å². The fraction of sp³-hybridized carbons (Fsp3) is 0.375. The third-order valence-electron chi connectivity index (χ3n) is 3.48. The molecule has 1 heterocycles. The number of nitrogens with one attached hydrogen (secondary N) is 2. The predicted molar refractivity (Wildman–Crippen MR) is 107 cm³/mol. The highest BCUT2D eigenvalue weighted by molar-refractivity contribution is 6.05. The molecule has 4 N–H and O–H groups in total. The summed E-state index contributed by atoms with van der Waals surface area (Å²) in [5.41, 5.74) is 7.77. The van der Waals surface area contributed by atoms with Crippen LogP contribution in [0, 0.1) is 6.92 Å². The predicted octanol–water partition coefficient (Wildman–Crippen LogP) is 1.93. The number of nitrogens with two attached hydrogens (primary N) is 1. The average Bonchev–Trinajstić information content (AvgIpc) is 2.95. The first-order valence-electron chi connectivity index (χ1n) is 7.38. The van der Waals surface area contributed by atoms with Crippen molar-refractivity contribution in [3.05, 3.63) is 29.5 Å². The van der Waals surface area contributed by atoms with Crippen molar-refractivity contribution in [2.75, 3.05) is 34.3 Å². The zero-order chi connectivity index (χ0) is 17.0. The van der Waals surface area contributed by atoms with E-state index in [0.29, 0.717) is 12.3 Å². The second kappa shape index (κ2) is 10.1. The van der Waals surface area contributed by atoms with Gasteiger partial charge in [-0.15, -0.1) is 24.8 Å². The highest BCUT2D eigenvalue weighted by Gasteiger charge is 2.14. The maximum absolute atomic E-state index is 12.1. The quantitative estimate of drug-likeness (QED) is 0.536. The molecular weight excluding hydrogens is 365 g/mol. The summed E-state index contributed by atoms with van der Waals surface area (Å²) in [4.78, 5) is 21.0. The number of aryl methyl sites for hydroxylation is 1. The van der Waals surface area contributed by atoms with Crippen molar-refractivity contribution >= 4 is 47.6 Å². The zero-order valence-corrected chi connectivity index (χ0v) is 16.4. The fourth-order valence-corrected chi connectivity index (χ4v) is 2.13. The van der Waals surface area contributed by atoms with Gasteiger partial charge in [-0.25, -0.2) is 0 Å². The fourth-order valence-electron chi connectivity index (χ4n) is 2.13. The number of nitrogens with zero attached hydrogens (tertiary/aromatic N) is 2. The molecule has 0 bridgehead atoms. The summed E-state index contributed by atoms with van der Waals surface area (Å²) >= 11 is 0. The number of hydrogen-bond acceptors (Lipinski definition) is 3. The van der Waals surface area contributed by atoms with E-state index in [1.807, 2.05) is 38.1 Å². The summed E-state index contributed by atoms with van der Waals surface area (Å²) in [6.07, 6.45) is 0. The first kappa shape index (κ1) is 23.0. The largest absolute Gasteiger partial charge is 0.490 e. The van der Waals surface area contributed by atoms with Crippen LogP contribution < -0.4 is 15.8 Å².